The standard InChI is InChI=1S/C16H22N4O/c1-12(2-3-13-4-7-15(21)8-5-13)19-14-6-9-16-17-11-18-20(16)10-14/h4-5,7-8,11-12,14,19,21H,2-3,6,9-10H2,1H3/t12-,14+/m0/s1. The zero-order valence-electron chi connectivity index (χ0n) is 12.4. The Bertz CT molecular complexity index is 578. The minimum absolute atomic E-state index is 0.329. The van der Waals surface area contributed by atoms with E-state index < -0.39 is 0 Å². The van der Waals surface area contributed by atoms with E-state index in [2.05, 4.69) is 22.3 Å². The SMILES string of the molecule is C[C@@H](CCc1ccc(O)cc1)N[C@@H]1CCc2ncnn2C1. The lowest BCUT2D eigenvalue weighted by molar-refractivity contribution is 0.326. The van der Waals surface area contributed by atoms with Crippen LogP contribution in [0.15, 0.2) is 30.6 Å². The molecule has 2 heterocycles. The molecule has 0 radical (unpaired) electrons. The van der Waals surface area contributed by atoms with Gasteiger partial charge >= 0.3 is 0 Å². The Balaban J connectivity index is 1.46. The number of rotatable bonds is 5. The molecule has 21 heavy (non-hydrogen) atoms. The second-order valence-electron chi connectivity index (χ2n) is 5.87. The fraction of sp³-hybridized carbons (Fsp3) is 0.500. The molecule has 0 aliphatic carbocycles. The van der Waals surface area contributed by atoms with Gasteiger partial charge in [0.05, 0.1) is 6.54 Å². The summed E-state index contributed by atoms with van der Waals surface area (Å²) < 4.78 is 2.01. The minimum Gasteiger partial charge on any atom is -0.508 e. The molecule has 0 unspecified atom stereocenters. The average molecular weight is 286 g/mol. The van der Waals surface area contributed by atoms with Gasteiger partial charge in [-0.3, -0.25) is 0 Å². The van der Waals surface area contributed by atoms with Crippen molar-refractivity contribution in [3.8, 4) is 5.75 Å². The molecule has 2 aromatic rings. The summed E-state index contributed by atoms with van der Waals surface area (Å²) in [5.74, 6) is 1.43. The first kappa shape index (κ1) is 14.1. The van der Waals surface area contributed by atoms with Crippen LogP contribution in [0.3, 0.4) is 0 Å². The van der Waals surface area contributed by atoms with E-state index >= 15 is 0 Å². The quantitative estimate of drug-likeness (QED) is 0.881. The van der Waals surface area contributed by atoms with Gasteiger partial charge in [-0.05, 0) is 43.9 Å². The number of aromatic nitrogens is 3. The fourth-order valence-electron chi connectivity index (χ4n) is 2.91. The molecule has 2 N–H and O–H groups in total. The van der Waals surface area contributed by atoms with E-state index in [1.807, 2.05) is 16.8 Å². The monoisotopic (exact) mass is 286 g/mol. The molecule has 1 aliphatic rings. The lowest BCUT2D eigenvalue weighted by Crippen LogP contribution is -2.42. The molecule has 5 nitrogen and oxygen atoms in total. The van der Waals surface area contributed by atoms with Gasteiger partial charge in [-0.25, -0.2) is 9.67 Å². The number of aromatic hydroxyl groups is 1. The zero-order valence-corrected chi connectivity index (χ0v) is 12.4. The summed E-state index contributed by atoms with van der Waals surface area (Å²) >= 11 is 0. The third-order valence-corrected chi connectivity index (χ3v) is 4.13. The summed E-state index contributed by atoms with van der Waals surface area (Å²) in [6, 6.07) is 8.43. The first-order chi connectivity index (χ1) is 10.2. The molecule has 1 aromatic carbocycles. The number of phenolic OH excluding ortho intramolecular Hbond substituents is 1. The second-order valence-corrected chi connectivity index (χ2v) is 5.87. The van der Waals surface area contributed by atoms with Gasteiger partial charge in [-0.2, -0.15) is 5.10 Å². The zero-order chi connectivity index (χ0) is 14.7. The topological polar surface area (TPSA) is 63.0 Å². The van der Waals surface area contributed by atoms with Gasteiger partial charge in [0, 0.05) is 18.5 Å². The average Bonchev–Trinajstić information content (AvgIpc) is 2.94. The number of aryl methyl sites for hydroxylation is 2. The van der Waals surface area contributed by atoms with Gasteiger partial charge in [0.1, 0.15) is 17.9 Å². The Morgan fingerprint density at radius 2 is 2.19 bits per heavy atom. The van der Waals surface area contributed by atoms with Crippen LogP contribution in [0.25, 0.3) is 0 Å². The van der Waals surface area contributed by atoms with Crippen molar-refractivity contribution in [2.45, 2.75) is 51.2 Å². The fourth-order valence-corrected chi connectivity index (χ4v) is 2.91. The number of nitrogens with zero attached hydrogens (tertiary/aromatic N) is 3. The molecule has 0 bridgehead atoms. The van der Waals surface area contributed by atoms with Gasteiger partial charge in [0.2, 0.25) is 0 Å². The third-order valence-electron chi connectivity index (χ3n) is 4.13. The van der Waals surface area contributed by atoms with Gasteiger partial charge in [0.25, 0.3) is 0 Å². The minimum atomic E-state index is 0.329. The molecule has 3 rings (SSSR count). The van der Waals surface area contributed by atoms with Crippen molar-refractivity contribution in [1.29, 1.82) is 0 Å². The predicted octanol–water partition coefficient (Wildman–Crippen LogP) is 1.91. The molecule has 5 heteroatoms. The number of fused-ring (bicyclic) bond motifs is 1. The number of phenols is 1. The van der Waals surface area contributed by atoms with E-state index in [1.54, 1.807) is 18.5 Å². The molecule has 1 aromatic heterocycles. The maximum absolute atomic E-state index is 9.29. The van der Waals surface area contributed by atoms with Gasteiger partial charge in [0.15, 0.2) is 0 Å². The highest BCUT2D eigenvalue weighted by atomic mass is 16.3. The van der Waals surface area contributed by atoms with Gasteiger partial charge < -0.3 is 10.4 Å². The highest BCUT2D eigenvalue weighted by Gasteiger charge is 2.20. The lowest BCUT2D eigenvalue weighted by atomic mass is 10.0. The third kappa shape index (κ3) is 3.61. The molecular weight excluding hydrogens is 264 g/mol. The van der Waals surface area contributed by atoms with Crippen LogP contribution in [0.4, 0.5) is 0 Å². The molecule has 112 valence electrons. The van der Waals surface area contributed by atoms with Crippen molar-refractivity contribution in [3.63, 3.8) is 0 Å². The van der Waals surface area contributed by atoms with E-state index in [1.165, 1.54) is 5.56 Å². The molecule has 0 amide bonds. The van der Waals surface area contributed by atoms with Crippen LogP contribution < -0.4 is 5.32 Å². The van der Waals surface area contributed by atoms with Crippen molar-refractivity contribution in [3.05, 3.63) is 42.0 Å². The molecule has 0 spiro atoms. The normalized spacial score (nSPS) is 19.2. The summed E-state index contributed by atoms with van der Waals surface area (Å²) in [5.41, 5.74) is 1.27. The van der Waals surface area contributed by atoms with Crippen LogP contribution >= 0.6 is 0 Å². The maximum Gasteiger partial charge on any atom is 0.138 e. The van der Waals surface area contributed by atoms with E-state index in [9.17, 15) is 5.11 Å². The predicted molar refractivity (Wildman–Crippen MR) is 81.2 cm³/mol. The lowest BCUT2D eigenvalue weighted by Gasteiger charge is -2.27. The molecule has 0 saturated carbocycles. The highest BCUT2D eigenvalue weighted by molar-refractivity contribution is 5.25. The maximum atomic E-state index is 9.29. The highest BCUT2D eigenvalue weighted by Crippen LogP contribution is 2.14. The molecule has 0 fully saturated rings. The Hall–Kier alpha value is -1.88. The van der Waals surface area contributed by atoms with Crippen molar-refractivity contribution in [2.75, 3.05) is 0 Å². The number of benzene rings is 1. The number of hydrogen-bond acceptors (Lipinski definition) is 4. The second kappa shape index (κ2) is 6.26. The van der Waals surface area contributed by atoms with Crippen LogP contribution in [-0.2, 0) is 19.4 Å². The molecule has 1 aliphatic heterocycles. The van der Waals surface area contributed by atoms with Crippen molar-refractivity contribution in [2.24, 2.45) is 0 Å². The van der Waals surface area contributed by atoms with Crippen LogP contribution in [0.1, 0.15) is 31.2 Å². The summed E-state index contributed by atoms with van der Waals surface area (Å²) in [5, 5.41) is 17.2. The van der Waals surface area contributed by atoms with E-state index in [4.69, 9.17) is 0 Å². The van der Waals surface area contributed by atoms with Crippen LogP contribution in [-0.4, -0.2) is 32.0 Å². The van der Waals surface area contributed by atoms with E-state index in [0.29, 0.717) is 17.8 Å². The largest absolute Gasteiger partial charge is 0.508 e. The summed E-state index contributed by atoms with van der Waals surface area (Å²) in [6.45, 7) is 3.15. The molecular formula is C16H22N4O. The summed E-state index contributed by atoms with van der Waals surface area (Å²) in [7, 11) is 0. The molecule has 2 atom stereocenters. The Morgan fingerprint density at radius 1 is 1.38 bits per heavy atom. The van der Waals surface area contributed by atoms with E-state index in [-0.39, 0.29) is 0 Å². The summed E-state index contributed by atoms with van der Waals surface area (Å²) in [6.07, 6.45) is 5.89. The molecule has 0 saturated heterocycles. The van der Waals surface area contributed by atoms with Gasteiger partial charge in [-0.15, -0.1) is 0 Å². The first-order valence-corrected chi connectivity index (χ1v) is 7.61. The van der Waals surface area contributed by atoms with Crippen LogP contribution in [0.5, 0.6) is 5.75 Å². The smallest absolute Gasteiger partial charge is 0.138 e. The Kier molecular flexibility index (Phi) is 4.20. The van der Waals surface area contributed by atoms with Crippen LogP contribution in [0, 0.1) is 0 Å². The Labute approximate surface area is 125 Å². The van der Waals surface area contributed by atoms with Gasteiger partial charge in [-0.1, -0.05) is 12.1 Å². The van der Waals surface area contributed by atoms with Crippen molar-refractivity contribution >= 4 is 0 Å². The summed E-state index contributed by atoms with van der Waals surface area (Å²) in [4.78, 5) is 4.26. The number of nitrogens with one attached hydrogen (secondary N) is 1. The number of hydrogen-bond donors (Lipinski definition) is 2. The van der Waals surface area contributed by atoms with E-state index in [0.717, 1.165) is 38.1 Å². The first-order valence-electron chi connectivity index (χ1n) is 7.61. The van der Waals surface area contributed by atoms with Crippen molar-refractivity contribution < 1.29 is 5.11 Å². The van der Waals surface area contributed by atoms with Crippen molar-refractivity contribution in [1.82, 2.24) is 20.1 Å². The Morgan fingerprint density at radius 3 is 3.00 bits per heavy atom. The van der Waals surface area contributed by atoms with Crippen LogP contribution in [0.2, 0.25) is 0 Å².